The molecule has 7 rings (SSSR count). The van der Waals surface area contributed by atoms with Crippen LogP contribution in [0.1, 0.15) is 22.9 Å². The summed E-state index contributed by atoms with van der Waals surface area (Å²) in [6, 6.07) is 32.1. The fraction of sp³-hybridized carbons (Fsp3) is 0.121. The van der Waals surface area contributed by atoms with Crippen LogP contribution in [0.4, 0.5) is 22.9 Å². The molecule has 42 heavy (non-hydrogen) atoms. The van der Waals surface area contributed by atoms with Crippen molar-refractivity contribution in [1.82, 2.24) is 9.78 Å². The Morgan fingerprint density at radius 1 is 0.833 bits per heavy atom. The monoisotopic (exact) mass is 618 g/mol. The number of halogens is 1. The number of benzene rings is 4. The predicted molar refractivity (Wildman–Crippen MR) is 171 cm³/mol. The predicted octanol–water partition coefficient (Wildman–Crippen LogP) is 7.76. The first-order valence-corrected chi connectivity index (χ1v) is 14.3. The van der Waals surface area contributed by atoms with Crippen LogP contribution in [0.3, 0.4) is 0 Å². The van der Waals surface area contributed by atoms with E-state index in [9.17, 15) is 0 Å². The fourth-order valence-electron chi connectivity index (χ4n) is 5.57. The molecule has 9 heteroatoms. The molecule has 2 aliphatic heterocycles. The number of anilines is 2. The minimum absolute atomic E-state index is 0.214. The number of amidine groups is 2. The Morgan fingerprint density at radius 2 is 1.64 bits per heavy atom. The average Bonchev–Trinajstić information content (AvgIpc) is 3.36. The van der Waals surface area contributed by atoms with Crippen molar-refractivity contribution in [2.45, 2.75) is 13.0 Å². The van der Waals surface area contributed by atoms with Crippen LogP contribution in [0.5, 0.6) is 11.5 Å². The Labute approximate surface area is 252 Å². The lowest BCUT2D eigenvalue weighted by Gasteiger charge is -2.40. The third-order valence-corrected chi connectivity index (χ3v) is 7.96. The quantitative estimate of drug-likeness (QED) is 0.218. The van der Waals surface area contributed by atoms with Gasteiger partial charge in [-0.1, -0.05) is 58.4 Å². The molecule has 0 aliphatic carbocycles. The normalized spacial score (nSPS) is 15.1. The van der Waals surface area contributed by atoms with Crippen LogP contribution >= 0.6 is 15.9 Å². The maximum Gasteiger partial charge on any atom is 0.179 e. The van der Waals surface area contributed by atoms with E-state index in [0.29, 0.717) is 23.2 Å². The molecule has 3 heterocycles. The molecule has 5 aromatic rings. The minimum atomic E-state index is -0.214. The number of aryl methyl sites for hydroxylation is 1. The van der Waals surface area contributed by atoms with Gasteiger partial charge in [0.25, 0.3) is 0 Å². The highest BCUT2D eigenvalue weighted by Gasteiger charge is 2.41. The maximum atomic E-state index is 5.70. The Morgan fingerprint density at radius 3 is 2.43 bits per heavy atom. The highest BCUT2D eigenvalue weighted by atomic mass is 79.9. The first kappa shape index (κ1) is 26.0. The number of fused-ring (bicyclic) bond motifs is 4. The smallest absolute Gasteiger partial charge is 0.179 e. The van der Waals surface area contributed by atoms with E-state index in [4.69, 9.17) is 24.6 Å². The van der Waals surface area contributed by atoms with Crippen LogP contribution in [0, 0.1) is 6.92 Å². The van der Waals surface area contributed by atoms with Gasteiger partial charge in [-0.15, -0.1) is 0 Å². The SMILES string of the molecule is COc1ccc(NC2=Nc3ccccc3N3C2=Nc2c(c(C)nn2-c2ccccc2)C3c2cccc(Br)c2)c(OC)c1. The van der Waals surface area contributed by atoms with E-state index >= 15 is 0 Å². The second-order valence-electron chi connectivity index (χ2n) is 9.97. The number of ether oxygens (including phenoxy) is 2. The summed E-state index contributed by atoms with van der Waals surface area (Å²) >= 11 is 3.70. The van der Waals surface area contributed by atoms with Gasteiger partial charge in [0.1, 0.15) is 11.5 Å². The summed E-state index contributed by atoms with van der Waals surface area (Å²) in [6.45, 7) is 2.05. The van der Waals surface area contributed by atoms with Crippen molar-refractivity contribution < 1.29 is 9.47 Å². The van der Waals surface area contributed by atoms with Crippen molar-refractivity contribution in [3.63, 3.8) is 0 Å². The zero-order valence-electron chi connectivity index (χ0n) is 23.2. The molecule has 1 N–H and O–H groups in total. The molecule has 0 bridgehead atoms. The molecule has 0 saturated heterocycles. The molecule has 8 nitrogen and oxygen atoms in total. The van der Waals surface area contributed by atoms with E-state index < -0.39 is 0 Å². The summed E-state index contributed by atoms with van der Waals surface area (Å²) in [4.78, 5) is 12.6. The molecular weight excluding hydrogens is 592 g/mol. The Kier molecular flexibility index (Phi) is 6.51. The van der Waals surface area contributed by atoms with Crippen LogP contribution in [-0.4, -0.2) is 35.7 Å². The molecule has 0 amide bonds. The fourth-order valence-corrected chi connectivity index (χ4v) is 5.99. The van der Waals surface area contributed by atoms with E-state index in [1.807, 2.05) is 77.5 Å². The highest BCUT2D eigenvalue weighted by Crippen LogP contribution is 2.48. The van der Waals surface area contributed by atoms with Gasteiger partial charge < -0.3 is 19.7 Å². The number of rotatable bonds is 5. The lowest BCUT2D eigenvalue weighted by Crippen LogP contribution is -2.46. The number of para-hydroxylation sites is 3. The van der Waals surface area contributed by atoms with Crippen LogP contribution in [0.15, 0.2) is 112 Å². The van der Waals surface area contributed by atoms with Gasteiger partial charge in [-0.3, -0.25) is 0 Å². The Hall–Kier alpha value is -4.89. The highest BCUT2D eigenvalue weighted by molar-refractivity contribution is 9.10. The summed E-state index contributed by atoms with van der Waals surface area (Å²) in [5, 5.41) is 8.54. The van der Waals surface area contributed by atoms with Gasteiger partial charge in [0.2, 0.25) is 0 Å². The molecule has 1 unspecified atom stereocenters. The Bertz CT molecular complexity index is 1880. The van der Waals surface area contributed by atoms with Gasteiger partial charge in [-0.05, 0) is 61.0 Å². The third kappa shape index (κ3) is 4.33. The molecule has 1 aromatic heterocycles. The van der Waals surface area contributed by atoms with Gasteiger partial charge in [0, 0.05) is 16.1 Å². The first-order chi connectivity index (χ1) is 20.6. The van der Waals surface area contributed by atoms with Crippen molar-refractivity contribution in [3.05, 3.63) is 118 Å². The van der Waals surface area contributed by atoms with Crippen molar-refractivity contribution >= 4 is 50.5 Å². The van der Waals surface area contributed by atoms with Crippen LogP contribution in [-0.2, 0) is 0 Å². The van der Waals surface area contributed by atoms with Crippen LogP contribution in [0.25, 0.3) is 5.69 Å². The lowest BCUT2D eigenvalue weighted by atomic mass is 9.93. The van der Waals surface area contributed by atoms with Crippen molar-refractivity contribution in [3.8, 4) is 17.2 Å². The van der Waals surface area contributed by atoms with Crippen LogP contribution in [0.2, 0.25) is 0 Å². The van der Waals surface area contributed by atoms with Crippen molar-refractivity contribution in [2.75, 3.05) is 24.4 Å². The van der Waals surface area contributed by atoms with Gasteiger partial charge in [0.15, 0.2) is 17.5 Å². The third-order valence-electron chi connectivity index (χ3n) is 7.47. The molecule has 1 atom stereocenters. The number of hydrogen-bond donors (Lipinski definition) is 1. The van der Waals surface area contributed by atoms with Crippen molar-refractivity contribution in [1.29, 1.82) is 0 Å². The van der Waals surface area contributed by atoms with Gasteiger partial charge >= 0.3 is 0 Å². The molecule has 0 radical (unpaired) electrons. The first-order valence-electron chi connectivity index (χ1n) is 13.5. The summed E-state index contributed by atoms with van der Waals surface area (Å²) in [7, 11) is 3.27. The Balaban J connectivity index is 1.48. The standard InChI is InChI=1S/C33H27BrN6O2/c1-20-29-30(21-10-9-11-22(34)18-21)39-27-15-8-7-14-25(27)35-31(36-26-17-16-24(41-2)19-28(26)42-3)33(39)37-32(29)40(38-20)23-12-5-4-6-13-23/h4-19,30H,1-3H3,(H,35,36). The summed E-state index contributed by atoms with van der Waals surface area (Å²) < 4.78 is 14.0. The van der Waals surface area contributed by atoms with E-state index in [0.717, 1.165) is 49.9 Å². The second kappa shape index (κ2) is 10.5. The molecular formula is C33H27BrN6O2. The zero-order chi connectivity index (χ0) is 28.8. The number of nitrogens with zero attached hydrogens (tertiary/aromatic N) is 5. The molecule has 0 spiro atoms. The molecule has 4 aromatic carbocycles. The number of aromatic nitrogens is 2. The number of methoxy groups -OCH3 is 2. The number of hydrogen-bond acceptors (Lipinski definition) is 7. The summed E-state index contributed by atoms with van der Waals surface area (Å²) in [5.74, 6) is 3.38. The molecule has 0 fully saturated rings. The van der Waals surface area contributed by atoms with Crippen LogP contribution < -0.4 is 19.7 Å². The minimum Gasteiger partial charge on any atom is -0.497 e. The summed E-state index contributed by atoms with van der Waals surface area (Å²) in [5.41, 5.74) is 6.54. The molecule has 2 aliphatic rings. The van der Waals surface area contributed by atoms with E-state index in [2.05, 4.69) is 57.3 Å². The lowest BCUT2D eigenvalue weighted by molar-refractivity contribution is 0.395. The molecule has 208 valence electrons. The zero-order valence-corrected chi connectivity index (χ0v) is 24.8. The van der Waals surface area contributed by atoms with Gasteiger partial charge in [-0.2, -0.15) is 5.10 Å². The van der Waals surface area contributed by atoms with Gasteiger partial charge in [-0.25, -0.2) is 14.7 Å². The average molecular weight is 620 g/mol. The topological polar surface area (TPSA) is 76.3 Å². The summed E-state index contributed by atoms with van der Waals surface area (Å²) in [6.07, 6.45) is 0. The van der Waals surface area contributed by atoms with E-state index in [-0.39, 0.29) is 6.04 Å². The van der Waals surface area contributed by atoms with E-state index in [1.165, 1.54) is 0 Å². The largest absolute Gasteiger partial charge is 0.497 e. The maximum absolute atomic E-state index is 5.70. The molecule has 0 saturated carbocycles. The second-order valence-corrected chi connectivity index (χ2v) is 10.9. The van der Waals surface area contributed by atoms with Gasteiger partial charge in [0.05, 0.1) is 48.7 Å². The van der Waals surface area contributed by atoms with Crippen molar-refractivity contribution in [2.24, 2.45) is 9.98 Å². The van der Waals surface area contributed by atoms with E-state index in [1.54, 1.807) is 14.2 Å². The number of aliphatic imine (C=N–C) groups is 2. The number of nitrogens with one attached hydrogen (secondary N) is 1.